The molecule has 1 aromatic carbocycles. The fourth-order valence-corrected chi connectivity index (χ4v) is 2.65. The van der Waals surface area contributed by atoms with Crippen LogP contribution in [0.4, 0.5) is 0 Å². The summed E-state index contributed by atoms with van der Waals surface area (Å²) >= 11 is 0. The van der Waals surface area contributed by atoms with Crippen LogP contribution in [0.2, 0.25) is 0 Å². The van der Waals surface area contributed by atoms with Gasteiger partial charge < -0.3 is 10.3 Å². The van der Waals surface area contributed by atoms with E-state index in [9.17, 15) is 9.59 Å². The molecule has 0 aliphatic heterocycles. The summed E-state index contributed by atoms with van der Waals surface area (Å²) in [5, 5.41) is 3.86. The quantitative estimate of drug-likeness (QED) is 0.766. The van der Waals surface area contributed by atoms with Crippen LogP contribution in [0.1, 0.15) is 19.3 Å². The molecule has 1 amide bonds. The number of carbonyl (C=O) groups excluding carboxylic acids is 1. The van der Waals surface area contributed by atoms with Crippen LogP contribution >= 0.6 is 0 Å². The summed E-state index contributed by atoms with van der Waals surface area (Å²) < 4.78 is 1.49. The van der Waals surface area contributed by atoms with Gasteiger partial charge in [0.2, 0.25) is 5.91 Å². The zero-order valence-electron chi connectivity index (χ0n) is 12.0. The van der Waals surface area contributed by atoms with Crippen LogP contribution in [0.3, 0.4) is 0 Å². The average molecular weight is 296 g/mol. The molecule has 1 saturated carbocycles. The molecule has 1 fully saturated rings. The number of nitrogens with one attached hydrogen (secondary N) is 2. The number of aromatic nitrogens is 3. The van der Waals surface area contributed by atoms with Crippen LogP contribution in [-0.4, -0.2) is 26.5 Å². The molecule has 2 heterocycles. The molecule has 3 aromatic rings. The maximum Gasteiger partial charge on any atom is 0.277 e. The Bertz CT molecular complexity index is 921. The van der Waals surface area contributed by atoms with Gasteiger partial charge in [0, 0.05) is 29.9 Å². The molecular weight excluding hydrogens is 280 g/mol. The molecule has 1 aliphatic rings. The molecule has 6 heteroatoms. The van der Waals surface area contributed by atoms with E-state index in [4.69, 9.17) is 0 Å². The summed E-state index contributed by atoms with van der Waals surface area (Å²) in [6.45, 7) is 0.343. The SMILES string of the molecule is O=C(CCn1cnc2c([nH]c3ccccc32)c1=O)NC1CC1. The Kier molecular flexibility index (Phi) is 2.96. The molecule has 2 N–H and O–H groups in total. The fraction of sp³-hybridized carbons (Fsp3) is 0.312. The lowest BCUT2D eigenvalue weighted by molar-refractivity contribution is -0.121. The molecule has 22 heavy (non-hydrogen) atoms. The second kappa shape index (κ2) is 4.98. The van der Waals surface area contributed by atoms with E-state index >= 15 is 0 Å². The minimum absolute atomic E-state index is 0.00820. The van der Waals surface area contributed by atoms with Gasteiger partial charge >= 0.3 is 0 Å². The number of carbonyl (C=O) groups is 1. The van der Waals surface area contributed by atoms with E-state index in [-0.39, 0.29) is 11.5 Å². The summed E-state index contributed by atoms with van der Waals surface area (Å²) in [6.07, 6.45) is 3.95. The summed E-state index contributed by atoms with van der Waals surface area (Å²) in [6, 6.07) is 8.04. The molecule has 1 aliphatic carbocycles. The van der Waals surface area contributed by atoms with Crippen molar-refractivity contribution in [3.63, 3.8) is 0 Å². The summed E-state index contributed by atoms with van der Waals surface area (Å²) in [4.78, 5) is 31.7. The monoisotopic (exact) mass is 296 g/mol. The highest BCUT2D eigenvalue weighted by molar-refractivity contribution is 6.04. The average Bonchev–Trinajstić information content (AvgIpc) is 3.25. The highest BCUT2D eigenvalue weighted by Gasteiger charge is 2.23. The van der Waals surface area contributed by atoms with Gasteiger partial charge in [-0.3, -0.25) is 14.2 Å². The first kappa shape index (κ1) is 13.1. The first-order chi connectivity index (χ1) is 10.7. The summed E-state index contributed by atoms with van der Waals surface area (Å²) in [5.41, 5.74) is 1.93. The molecule has 6 nitrogen and oxygen atoms in total. The van der Waals surface area contributed by atoms with Gasteiger partial charge in [-0.1, -0.05) is 18.2 Å². The zero-order chi connectivity index (χ0) is 15.1. The largest absolute Gasteiger partial charge is 0.353 e. The molecule has 2 aromatic heterocycles. The highest BCUT2D eigenvalue weighted by atomic mass is 16.2. The topological polar surface area (TPSA) is 79.8 Å². The van der Waals surface area contributed by atoms with Crippen LogP contribution in [0.25, 0.3) is 21.9 Å². The number of fused-ring (bicyclic) bond motifs is 3. The van der Waals surface area contributed by atoms with Gasteiger partial charge in [0.05, 0.1) is 6.33 Å². The van der Waals surface area contributed by atoms with Crippen molar-refractivity contribution in [2.45, 2.75) is 31.8 Å². The lowest BCUT2D eigenvalue weighted by Gasteiger charge is -2.05. The van der Waals surface area contributed by atoms with Crippen LogP contribution < -0.4 is 10.9 Å². The van der Waals surface area contributed by atoms with Crippen molar-refractivity contribution in [1.82, 2.24) is 19.9 Å². The van der Waals surface area contributed by atoms with E-state index < -0.39 is 0 Å². The third-order valence-corrected chi connectivity index (χ3v) is 4.00. The van der Waals surface area contributed by atoms with E-state index in [1.807, 2.05) is 24.3 Å². The first-order valence-electron chi connectivity index (χ1n) is 7.47. The van der Waals surface area contributed by atoms with E-state index in [0.717, 1.165) is 23.7 Å². The molecule has 112 valence electrons. The smallest absolute Gasteiger partial charge is 0.277 e. The van der Waals surface area contributed by atoms with Crippen molar-refractivity contribution in [2.75, 3.05) is 0 Å². The first-order valence-corrected chi connectivity index (χ1v) is 7.47. The lowest BCUT2D eigenvalue weighted by Crippen LogP contribution is -2.28. The van der Waals surface area contributed by atoms with E-state index in [1.54, 1.807) is 0 Å². The number of aromatic amines is 1. The Morgan fingerprint density at radius 1 is 1.36 bits per heavy atom. The van der Waals surface area contributed by atoms with Crippen LogP contribution in [0, 0.1) is 0 Å². The number of benzene rings is 1. The number of hydrogen-bond donors (Lipinski definition) is 2. The minimum Gasteiger partial charge on any atom is -0.353 e. The normalized spacial score (nSPS) is 14.5. The molecule has 4 rings (SSSR count). The third kappa shape index (κ3) is 2.26. The predicted octanol–water partition coefficient (Wildman–Crippen LogP) is 1.55. The van der Waals surface area contributed by atoms with E-state index in [2.05, 4.69) is 15.3 Å². The second-order valence-electron chi connectivity index (χ2n) is 5.73. The standard InChI is InChI=1S/C16H16N4O2/c21-13(18-10-5-6-10)7-8-20-9-17-14-11-3-1-2-4-12(11)19-15(14)16(20)22/h1-4,9-10,19H,5-8H2,(H,18,21). The van der Waals surface area contributed by atoms with Crippen molar-refractivity contribution < 1.29 is 4.79 Å². The second-order valence-corrected chi connectivity index (χ2v) is 5.73. The Morgan fingerprint density at radius 3 is 3.00 bits per heavy atom. The number of amides is 1. The van der Waals surface area contributed by atoms with Crippen molar-refractivity contribution in [3.8, 4) is 0 Å². The number of nitrogens with zero attached hydrogens (tertiary/aromatic N) is 2. The summed E-state index contributed by atoms with van der Waals surface area (Å²) in [7, 11) is 0. The van der Waals surface area contributed by atoms with Gasteiger partial charge in [-0.15, -0.1) is 0 Å². The van der Waals surface area contributed by atoms with Gasteiger partial charge in [-0.05, 0) is 18.9 Å². The number of aryl methyl sites for hydroxylation is 1. The van der Waals surface area contributed by atoms with Crippen LogP contribution in [0.15, 0.2) is 35.4 Å². The third-order valence-electron chi connectivity index (χ3n) is 4.00. The maximum atomic E-state index is 12.5. The van der Waals surface area contributed by atoms with Crippen LogP contribution in [-0.2, 0) is 11.3 Å². The number of para-hydroxylation sites is 1. The van der Waals surface area contributed by atoms with Crippen LogP contribution in [0.5, 0.6) is 0 Å². The molecular formula is C16H16N4O2. The van der Waals surface area contributed by atoms with E-state index in [0.29, 0.717) is 30.0 Å². The fourth-order valence-electron chi connectivity index (χ4n) is 2.65. The zero-order valence-corrected chi connectivity index (χ0v) is 12.0. The van der Waals surface area contributed by atoms with Gasteiger partial charge in [0.15, 0.2) is 0 Å². The lowest BCUT2D eigenvalue weighted by atomic mass is 10.2. The highest BCUT2D eigenvalue weighted by Crippen LogP contribution is 2.20. The Morgan fingerprint density at radius 2 is 2.18 bits per heavy atom. The van der Waals surface area contributed by atoms with Gasteiger partial charge in [0.1, 0.15) is 11.0 Å². The van der Waals surface area contributed by atoms with Crippen molar-refractivity contribution in [1.29, 1.82) is 0 Å². The van der Waals surface area contributed by atoms with Gasteiger partial charge in [0.25, 0.3) is 5.56 Å². The Labute approximate surface area is 126 Å². The molecule has 0 bridgehead atoms. The Hall–Kier alpha value is -2.63. The van der Waals surface area contributed by atoms with Gasteiger partial charge in [-0.25, -0.2) is 4.98 Å². The van der Waals surface area contributed by atoms with Crippen molar-refractivity contribution in [3.05, 3.63) is 40.9 Å². The Balaban J connectivity index is 1.64. The molecule has 0 saturated heterocycles. The van der Waals surface area contributed by atoms with E-state index in [1.165, 1.54) is 10.9 Å². The van der Waals surface area contributed by atoms with Crippen molar-refractivity contribution in [2.24, 2.45) is 0 Å². The number of hydrogen-bond acceptors (Lipinski definition) is 3. The van der Waals surface area contributed by atoms with Gasteiger partial charge in [-0.2, -0.15) is 0 Å². The molecule has 0 spiro atoms. The van der Waals surface area contributed by atoms with Crippen molar-refractivity contribution >= 4 is 27.8 Å². The predicted molar refractivity (Wildman–Crippen MR) is 83.6 cm³/mol. The molecule has 0 atom stereocenters. The summed E-state index contributed by atoms with van der Waals surface area (Å²) in [5.74, 6) is -0.00820. The molecule has 0 radical (unpaired) electrons. The molecule has 0 unspecified atom stereocenters. The number of rotatable bonds is 4. The maximum absolute atomic E-state index is 12.5. The number of H-pyrrole nitrogens is 1. The minimum atomic E-state index is -0.138.